The van der Waals surface area contributed by atoms with E-state index < -0.39 is 0 Å². The molecule has 2 N–H and O–H groups in total. The first-order valence-electron chi connectivity index (χ1n) is 4.15. The quantitative estimate of drug-likeness (QED) is 0.748. The van der Waals surface area contributed by atoms with Crippen molar-refractivity contribution in [2.24, 2.45) is 5.73 Å². The molecule has 3 heteroatoms. The van der Waals surface area contributed by atoms with Crippen LogP contribution in [0.2, 0.25) is 0 Å². The first kappa shape index (κ1) is 9.58. The van der Waals surface area contributed by atoms with E-state index in [9.17, 15) is 4.79 Å². The van der Waals surface area contributed by atoms with Crippen LogP contribution in [0.4, 0.5) is 5.69 Å². The predicted molar refractivity (Wildman–Crippen MR) is 53.6 cm³/mol. The average molecular weight is 178 g/mol. The van der Waals surface area contributed by atoms with Crippen molar-refractivity contribution in [3.8, 4) is 0 Å². The second kappa shape index (κ2) is 3.94. The molecule has 1 rings (SSSR count). The van der Waals surface area contributed by atoms with E-state index in [1.54, 1.807) is 0 Å². The molecule has 0 heterocycles. The highest BCUT2D eigenvalue weighted by molar-refractivity contribution is 5.79. The van der Waals surface area contributed by atoms with E-state index in [1.807, 2.05) is 43.1 Å². The molecular formula is C10H14N2O. The van der Waals surface area contributed by atoms with E-state index in [0.717, 1.165) is 5.69 Å². The summed E-state index contributed by atoms with van der Waals surface area (Å²) in [6.45, 7) is 2.28. The Kier molecular flexibility index (Phi) is 2.90. The Morgan fingerprint density at radius 2 is 1.92 bits per heavy atom. The third-order valence-electron chi connectivity index (χ3n) is 1.87. The van der Waals surface area contributed by atoms with E-state index in [4.69, 9.17) is 5.73 Å². The molecule has 70 valence electrons. The van der Waals surface area contributed by atoms with Gasteiger partial charge in [0.05, 0.1) is 6.54 Å². The van der Waals surface area contributed by atoms with E-state index >= 15 is 0 Å². The largest absolute Gasteiger partial charge is 0.368 e. The maximum Gasteiger partial charge on any atom is 0.236 e. The van der Waals surface area contributed by atoms with Crippen molar-refractivity contribution in [1.29, 1.82) is 0 Å². The molecule has 0 radical (unpaired) electrons. The maximum atomic E-state index is 10.6. The molecule has 0 unspecified atom stereocenters. The van der Waals surface area contributed by atoms with Gasteiger partial charge in [0.25, 0.3) is 0 Å². The number of carbonyl (C=O) groups is 1. The second-order valence-corrected chi connectivity index (χ2v) is 3.16. The highest BCUT2D eigenvalue weighted by atomic mass is 16.1. The van der Waals surface area contributed by atoms with Gasteiger partial charge in [0, 0.05) is 12.7 Å². The number of primary amides is 1. The molecule has 13 heavy (non-hydrogen) atoms. The molecule has 0 saturated heterocycles. The zero-order valence-electron chi connectivity index (χ0n) is 7.95. The van der Waals surface area contributed by atoms with E-state index in [2.05, 4.69) is 0 Å². The van der Waals surface area contributed by atoms with Crippen LogP contribution >= 0.6 is 0 Å². The summed E-state index contributed by atoms with van der Waals surface area (Å²) < 4.78 is 0. The van der Waals surface area contributed by atoms with Gasteiger partial charge in [0.15, 0.2) is 0 Å². The number of anilines is 1. The molecule has 1 aromatic rings. The zero-order valence-corrected chi connectivity index (χ0v) is 7.95. The molecular weight excluding hydrogens is 164 g/mol. The Labute approximate surface area is 78.2 Å². The van der Waals surface area contributed by atoms with Crippen LogP contribution in [0.25, 0.3) is 0 Å². The molecule has 0 aromatic heterocycles. The van der Waals surface area contributed by atoms with Gasteiger partial charge in [-0.3, -0.25) is 4.79 Å². The molecule has 0 bridgehead atoms. The summed E-state index contributed by atoms with van der Waals surface area (Å²) in [5.41, 5.74) is 7.29. The van der Waals surface area contributed by atoms with Crippen LogP contribution in [0.5, 0.6) is 0 Å². The van der Waals surface area contributed by atoms with E-state index in [0.29, 0.717) is 0 Å². The molecule has 0 spiro atoms. The lowest BCUT2D eigenvalue weighted by molar-refractivity contribution is -0.116. The predicted octanol–water partition coefficient (Wildman–Crippen LogP) is 0.917. The van der Waals surface area contributed by atoms with Gasteiger partial charge in [-0.15, -0.1) is 0 Å². The van der Waals surface area contributed by atoms with Crippen molar-refractivity contribution < 1.29 is 4.79 Å². The van der Waals surface area contributed by atoms with Crippen molar-refractivity contribution in [3.63, 3.8) is 0 Å². The number of aryl methyl sites for hydroxylation is 1. The van der Waals surface area contributed by atoms with E-state index in [1.165, 1.54) is 5.56 Å². The second-order valence-electron chi connectivity index (χ2n) is 3.16. The Balaban J connectivity index is 2.71. The monoisotopic (exact) mass is 178 g/mol. The third kappa shape index (κ3) is 2.78. The van der Waals surface area contributed by atoms with Crippen LogP contribution in [0.3, 0.4) is 0 Å². The first-order valence-corrected chi connectivity index (χ1v) is 4.15. The Hall–Kier alpha value is -1.51. The van der Waals surface area contributed by atoms with Crippen LogP contribution < -0.4 is 10.6 Å². The number of benzene rings is 1. The molecule has 1 aromatic carbocycles. The summed E-state index contributed by atoms with van der Waals surface area (Å²) in [5, 5.41) is 0. The lowest BCUT2D eigenvalue weighted by Crippen LogP contribution is -2.30. The Bertz CT molecular complexity index is 292. The highest BCUT2D eigenvalue weighted by Crippen LogP contribution is 2.12. The molecule has 0 atom stereocenters. The van der Waals surface area contributed by atoms with Crippen molar-refractivity contribution in [3.05, 3.63) is 29.8 Å². The van der Waals surface area contributed by atoms with Crippen molar-refractivity contribution >= 4 is 11.6 Å². The fourth-order valence-electron chi connectivity index (χ4n) is 1.12. The summed E-state index contributed by atoms with van der Waals surface area (Å²) >= 11 is 0. The summed E-state index contributed by atoms with van der Waals surface area (Å²) in [7, 11) is 1.84. The van der Waals surface area contributed by atoms with Crippen LogP contribution in [0, 0.1) is 6.92 Å². The van der Waals surface area contributed by atoms with Gasteiger partial charge in [-0.05, 0) is 19.1 Å². The van der Waals surface area contributed by atoms with E-state index in [-0.39, 0.29) is 12.5 Å². The van der Waals surface area contributed by atoms with Gasteiger partial charge in [0.1, 0.15) is 0 Å². The van der Waals surface area contributed by atoms with Gasteiger partial charge in [-0.1, -0.05) is 17.7 Å². The fourth-order valence-corrected chi connectivity index (χ4v) is 1.12. The molecule has 0 fully saturated rings. The van der Waals surface area contributed by atoms with Gasteiger partial charge in [0.2, 0.25) is 5.91 Å². The summed E-state index contributed by atoms with van der Waals surface area (Å²) in [4.78, 5) is 12.5. The first-order chi connectivity index (χ1) is 6.09. The minimum atomic E-state index is -0.317. The number of hydrogen-bond donors (Lipinski definition) is 1. The molecule has 1 amide bonds. The molecule has 0 aliphatic carbocycles. The molecule has 0 aliphatic rings. The Morgan fingerprint density at radius 1 is 1.38 bits per heavy atom. The van der Waals surface area contributed by atoms with Crippen molar-refractivity contribution in [1.82, 2.24) is 0 Å². The lowest BCUT2D eigenvalue weighted by atomic mass is 10.2. The Morgan fingerprint density at radius 3 is 2.38 bits per heavy atom. The fraction of sp³-hybridized carbons (Fsp3) is 0.300. The summed E-state index contributed by atoms with van der Waals surface area (Å²) in [6, 6.07) is 7.95. The minimum absolute atomic E-state index is 0.253. The number of likely N-dealkylation sites (N-methyl/N-ethyl adjacent to an activating group) is 1. The van der Waals surface area contributed by atoms with Crippen molar-refractivity contribution in [2.75, 3.05) is 18.5 Å². The highest BCUT2D eigenvalue weighted by Gasteiger charge is 2.02. The van der Waals surface area contributed by atoms with Gasteiger partial charge in [-0.2, -0.15) is 0 Å². The van der Waals surface area contributed by atoms with Crippen LogP contribution in [0.15, 0.2) is 24.3 Å². The summed E-state index contributed by atoms with van der Waals surface area (Å²) in [6.07, 6.45) is 0. The standard InChI is InChI=1S/C10H14N2O/c1-8-3-5-9(6-4-8)12(2)7-10(11)13/h3-6H,7H2,1-2H3,(H2,11,13). The third-order valence-corrected chi connectivity index (χ3v) is 1.87. The number of nitrogens with two attached hydrogens (primary N) is 1. The minimum Gasteiger partial charge on any atom is -0.368 e. The lowest BCUT2D eigenvalue weighted by Gasteiger charge is -2.16. The molecule has 3 nitrogen and oxygen atoms in total. The van der Waals surface area contributed by atoms with Crippen LogP contribution in [-0.4, -0.2) is 19.5 Å². The van der Waals surface area contributed by atoms with Gasteiger partial charge < -0.3 is 10.6 Å². The number of carbonyl (C=O) groups excluding carboxylic acids is 1. The average Bonchev–Trinajstić information content (AvgIpc) is 2.04. The topological polar surface area (TPSA) is 46.3 Å². The number of nitrogens with zero attached hydrogens (tertiary/aromatic N) is 1. The SMILES string of the molecule is Cc1ccc(N(C)CC(N)=O)cc1. The number of amides is 1. The van der Waals surface area contributed by atoms with Crippen LogP contribution in [-0.2, 0) is 4.79 Å². The van der Waals surface area contributed by atoms with Gasteiger partial charge in [-0.25, -0.2) is 0 Å². The molecule has 0 saturated carbocycles. The van der Waals surface area contributed by atoms with Gasteiger partial charge >= 0.3 is 0 Å². The van der Waals surface area contributed by atoms with Crippen LogP contribution in [0.1, 0.15) is 5.56 Å². The number of rotatable bonds is 3. The normalized spacial score (nSPS) is 9.69. The van der Waals surface area contributed by atoms with Crippen molar-refractivity contribution in [2.45, 2.75) is 6.92 Å². The zero-order chi connectivity index (χ0) is 9.84. The molecule has 0 aliphatic heterocycles. The smallest absolute Gasteiger partial charge is 0.236 e. The maximum absolute atomic E-state index is 10.6. The number of hydrogen-bond acceptors (Lipinski definition) is 2. The summed E-state index contributed by atoms with van der Waals surface area (Å²) in [5.74, 6) is -0.317.